The van der Waals surface area contributed by atoms with Crippen molar-refractivity contribution >= 4 is 11.8 Å². The number of nitrogens with one attached hydrogen (secondary N) is 1. The molecule has 7 nitrogen and oxygen atoms in total. The maximum Gasteiger partial charge on any atom is 0.209 e. The van der Waals surface area contributed by atoms with Crippen LogP contribution in [0.1, 0.15) is 12.8 Å². The highest BCUT2D eigenvalue weighted by atomic mass is 32.2. The first-order chi connectivity index (χ1) is 8.88. The number of tetrazole rings is 1. The SMILES string of the molecule is COCCNCCn1nnnc1SCCCC#N. The fourth-order valence-electron chi connectivity index (χ4n) is 1.24. The normalized spacial score (nSPS) is 10.4. The molecule has 0 aliphatic rings. The zero-order valence-corrected chi connectivity index (χ0v) is 11.3. The fourth-order valence-corrected chi connectivity index (χ4v) is 2.08. The second-order valence-corrected chi connectivity index (χ2v) is 4.60. The largest absolute Gasteiger partial charge is 0.383 e. The van der Waals surface area contributed by atoms with Crippen LogP contribution in [0.4, 0.5) is 0 Å². The van der Waals surface area contributed by atoms with Gasteiger partial charge >= 0.3 is 0 Å². The monoisotopic (exact) mass is 270 g/mol. The molecule has 0 amide bonds. The molecule has 1 aromatic rings. The number of nitrogens with zero attached hydrogens (tertiary/aromatic N) is 5. The third-order valence-corrected chi connectivity index (χ3v) is 3.19. The molecule has 0 spiro atoms. The Labute approximate surface area is 111 Å². The Morgan fingerprint density at radius 2 is 2.39 bits per heavy atom. The number of hydrogen-bond acceptors (Lipinski definition) is 7. The number of nitriles is 1. The minimum Gasteiger partial charge on any atom is -0.383 e. The van der Waals surface area contributed by atoms with E-state index in [0.717, 1.165) is 37.0 Å². The lowest BCUT2D eigenvalue weighted by atomic mass is 10.4. The molecule has 0 radical (unpaired) electrons. The predicted octanol–water partition coefficient (Wildman–Crippen LogP) is 0.305. The third-order valence-electron chi connectivity index (χ3n) is 2.15. The molecule has 0 saturated carbocycles. The highest BCUT2D eigenvalue weighted by Crippen LogP contribution is 2.14. The molecule has 1 N–H and O–H groups in total. The Morgan fingerprint density at radius 3 is 3.17 bits per heavy atom. The van der Waals surface area contributed by atoms with Crippen LogP contribution in [0.2, 0.25) is 0 Å². The van der Waals surface area contributed by atoms with Gasteiger partial charge in [0, 0.05) is 32.4 Å². The van der Waals surface area contributed by atoms with Gasteiger partial charge in [-0.2, -0.15) is 5.26 Å². The average molecular weight is 270 g/mol. The van der Waals surface area contributed by atoms with Crippen LogP contribution in [-0.4, -0.2) is 52.8 Å². The van der Waals surface area contributed by atoms with Crippen LogP contribution in [-0.2, 0) is 11.3 Å². The van der Waals surface area contributed by atoms with Crippen molar-refractivity contribution in [1.82, 2.24) is 25.5 Å². The number of ether oxygens (including phenoxy) is 1. The lowest BCUT2D eigenvalue weighted by Crippen LogP contribution is -2.24. The first-order valence-electron chi connectivity index (χ1n) is 5.84. The van der Waals surface area contributed by atoms with Crippen molar-refractivity contribution in [3.8, 4) is 6.07 Å². The van der Waals surface area contributed by atoms with E-state index in [0.29, 0.717) is 13.0 Å². The van der Waals surface area contributed by atoms with Crippen molar-refractivity contribution in [3.63, 3.8) is 0 Å². The van der Waals surface area contributed by atoms with E-state index in [1.54, 1.807) is 23.6 Å². The van der Waals surface area contributed by atoms with Gasteiger partial charge in [0.1, 0.15) is 0 Å². The van der Waals surface area contributed by atoms with E-state index in [9.17, 15) is 0 Å². The van der Waals surface area contributed by atoms with Gasteiger partial charge in [-0.1, -0.05) is 11.8 Å². The molecule has 1 rings (SSSR count). The maximum atomic E-state index is 8.44. The molecule has 100 valence electrons. The average Bonchev–Trinajstić information content (AvgIpc) is 2.82. The highest BCUT2D eigenvalue weighted by molar-refractivity contribution is 7.99. The van der Waals surface area contributed by atoms with Gasteiger partial charge in [-0.25, -0.2) is 4.68 Å². The summed E-state index contributed by atoms with van der Waals surface area (Å²) in [5, 5.41) is 24.0. The van der Waals surface area contributed by atoms with E-state index < -0.39 is 0 Å². The summed E-state index contributed by atoms with van der Waals surface area (Å²) in [6, 6.07) is 2.12. The number of rotatable bonds is 10. The van der Waals surface area contributed by atoms with Gasteiger partial charge in [0.15, 0.2) is 0 Å². The standard InChI is InChI=1S/C10H18N6OS/c1-17-8-6-12-5-7-16-10(13-14-15-16)18-9-3-2-4-11/h12H,2-3,5-9H2,1H3. The molecule has 0 aliphatic heterocycles. The quantitative estimate of drug-likeness (QED) is 0.483. The molecule has 0 atom stereocenters. The fraction of sp³-hybridized carbons (Fsp3) is 0.800. The molecule has 18 heavy (non-hydrogen) atoms. The van der Waals surface area contributed by atoms with Crippen molar-refractivity contribution in [3.05, 3.63) is 0 Å². The third kappa shape index (κ3) is 5.95. The number of hydrogen-bond donors (Lipinski definition) is 1. The zero-order chi connectivity index (χ0) is 13.1. The smallest absolute Gasteiger partial charge is 0.209 e. The van der Waals surface area contributed by atoms with Crippen LogP contribution in [0, 0.1) is 11.3 Å². The Kier molecular flexibility index (Phi) is 8.12. The Balaban J connectivity index is 2.20. The topological polar surface area (TPSA) is 88.7 Å². The van der Waals surface area contributed by atoms with Crippen LogP contribution in [0.15, 0.2) is 5.16 Å². The Morgan fingerprint density at radius 1 is 1.50 bits per heavy atom. The van der Waals surface area contributed by atoms with E-state index in [1.165, 1.54) is 0 Å². The van der Waals surface area contributed by atoms with E-state index in [4.69, 9.17) is 10.00 Å². The Hall–Kier alpha value is -1.17. The molecule has 1 aromatic heterocycles. The summed E-state index contributed by atoms with van der Waals surface area (Å²) in [5.41, 5.74) is 0. The molecule has 0 aliphatic carbocycles. The lowest BCUT2D eigenvalue weighted by molar-refractivity contribution is 0.199. The first-order valence-corrected chi connectivity index (χ1v) is 6.82. The zero-order valence-electron chi connectivity index (χ0n) is 10.5. The summed E-state index contributed by atoms with van der Waals surface area (Å²) >= 11 is 1.59. The van der Waals surface area contributed by atoms with Crippen molar-refractivity contribution in [2.24, 2.45) is 0 Å². The molecule has 1 heterocycles. The summed E-state index contributed by atoms with van der Waals surface area (Å²) < 4.78 is 6.71. The van der Waals surface area contributed by atoms with E-state index in [1.807, 2.05) is 0 Å². The predicted molar refractivity (Wildman–Crippen MR) is 68.1 cm³/mol. The van der Waals surface area contributed by atoms with Crippen molar-refractivity contribution in [2.75, 3.05) is 32.6 Å². The second kappa shape index (κ2) is 9.82. The highest BCUT2D eigenvalue weighted by Gasteiger charge is 2.05. The number of methoxy groups -OCH3 is 1. The molecule has 8 heteroatoms. The van der Waals surface area contributed by atoms with Crippen LogP contribution >= 0.6 is 11.8 Å². The molecule has 0 saturated heterocycles. The first kappa shape index (κ1) is 14.9. The molecular formula is C10H18N6OS. The minimum atomic E-state index is 0.577. The van der Waals surface area contributed by atoms with Crippen LogP contribution in [0.5, 0.6) is 0 Å². The maximum absolute atomic E-state index is 8.44. The van der Waals surface area contributed by atoms with Crippen LogP contribution in [0.25, 0.3) is 0 Å². The molecule has 0 bridgehead atoms. The lowest BCUT2D eigenvalue weighted by Gasteiger charge is -2.05. The van der Waals surface area contributed by atoms with Crippen molar-refractivity contribution in [2.45, 2.75) is 24.5 Å². The van der Waals surface area contributed by atoms with Gasteiger partial charge in [0.2, 0.25) is 5.16 Å². The van der Waals surface area contributed by atoms with Gasteiger partial charge in [-0.3, -0.25) is 0 Å². The number of unbranched alkanes of at least 4 members (excludes halogenated alkanes) is 1. The van der Waals surface area contributed by atoms with Crippen molar-refractivity contribution in [1.29, 1.82) is 5.26 Å². The molecular weight excluding hydrogens is 252 g/mol. The number of thioether (sulfide) groups is 1. The molecule has 0 fully saturated rings. The Bertz CT molecular complexity index is 363. The summed E-state index contributed by atoms with van der Waals surface area (Å²) in [5.74, 6) is 0.866. The second-order valence-electron chi connectivity index (χ2n) is 3.54. The summed E-state index contributed by atoms with van der Waals surface area (Å²) in [4.78, 5) is 0. The van der Waals surface area contributed by atoms with Gasteiger partial charge in [0.05, 0.1) is 19.2 Å². The van der Waals surface area contributed by atoms with E-state index in [2.05, 4.69) is 26.9 Å². The van der Waals surface area contributed by atoms with Gasteiger partial charge in [0.25, 0.3) is 0 Å². The van der Waals surface area contributed by atoms with Gasteiger partial charge in [-0.15, -0.1) is 5.10 Å². The number of aromatic nitrogens is 4. The van der Waals surface area contributed by atoms with E-state index in [-0.39, 0.29) is 0 Å². The van der Waals surface area contributed by atoms with E-state index >= 15 is 0 Å². The van der Waals surface area contributed by atoms with Crippen LogP contribution in [0.3, 0.4) is 0 Å². The summed E-state index contributed by atoms with van der Waals surface area (Å²) in [6.07, 6.45) is 1.44. The molecule has 0 aromatic carbocycles. The van der Waals surface area contributed by atoms with Gasteiger partial charge < -0.3 is 10.1 Å². The van der Waals surface area contributed by atoms with Crippen molar-refractivity contribution < 1.29 is 4.74 Å². The minimum absolute atomic E-state index is 0.577. The summed E-state index contributed by atoms with van der Waals surface area (Å²) in [7, 11) is 1.68. The van der Waals surface area contributed by atoms with Crippen LogP contribution < -0.4 is 5.32 Å². The van der Waals surface area contributed by atoms with Gasteiger partial charge in [-0.05, 0) is 16.8 Å². The summed E-state index contributed by atoms with van der Waals surface area (Å²) in [6.45, 7) is 3.06. The molecule has 0 unspecified atom stereocenters.